The van der Waals surface area contributed by atoms with Crippen molar-refractivity contribution in [1.29, 1.82) is 0 Å². The van der Waals surface area contributed by atoms with Gasteiger partial charge in [-0.2, -0.15) is 0 Å². The summed E-state index contributed by atoms with van der Waals surface area (Å²) >= 11 is 0. The van der Waals surface area contributed by atoms with Gasteiger partial charge in [0.1, 0.15) is 5.67 Å². The van der Waals surface area contributed by atoms with Gasteiger partial charge in [0.15, 0.2) is 0 Å². The average Bonchev–Trinajstić information content (AvgIpc) is 2.31. The van der Waals surface area contributed by atoms with Gasteiger partial charge in [0.2, 0.25) is 0 Å². The van der Waals surface area contributed by atoms with E-state index in [1.165, 1.54) is 24.0 Å². The molecule has 0 aromatic carbocycles. The van der Waals surface area contributed by atoms with Gasteiger partial charge in [-0.15, -0.1) is 0 Å². The van der Waals surface area contributed by atoms with Crippen LogP contribution in [0, 0.1) is 23.7 Å². The van der Waals surface area contributed by atoms with Crippen LogP contribution in [-0.4, -0.2) is 5.67 Å². The molecule has 0 aliphatic heterocycles. The normalized spacial score (nSPS) is 25.0. The van der Waals surface area contributed by atoms with E-state index in [1.807, 2.05) is 0 Å². The molecule has 0 bridgehead atoms. The highest BCUT2D eigenvalue weighted by Crippen LogP contribution is 2.44. The first kappa shape index (κ1) is 18.5. The number of hydrogen-bond donors (Lipinski definition) is 0. The first-order chi connectivity index (χ1) is 9.62. The van der Waals surface area contributed by atoms with Crippen molar-refractivity contribution < 1.29 is 4.39 Å². The molecule has 0 spiro atoms. The van der Waals surface area contributed by atoms with E-state index in [1.54, 1.807) is 13.8 Å². The van der Waals surface area contributed by atoms with Crippen molar-refractivity contribution in [2.45, 2.75) is 78.8 Å². The van der Waals surface area contributed by atoms with E-state index >= 15 is 0 Å². The molecule has 2 atom stereocenters. The van der Waals surface area contributed by atoms with E-state index in [0.29, 0.717) is 24.2 Å². The number of hydrogen-bond acceptors (Lipinski definition) is 0. The van der Waals surface area contributed by atoms with E-state index in [-0.39, 0.29) is 0 Å². The molecule has 21 heavy (non-hydrogen) atoms. The number of rotatable bonds is 9. The molecule has 122 valence electrons. The molecule has 0 amide bonds. The Morgan fingerprint density at radius 3 is 2.29 bits per heavy atom. The summed E-state index contributed by atoms with van der Waals surface area (Å²) in [6.07, 6.45) is 6.38. The Morgan fingerprint density at radius 1 is 1.24 bits per heavy atom. The first-order valence-corrected chi connectivity index (χ1v) is 8.66. The topological polar surface area (TPSA) is 0 Å². The van der Waals surface area contributed by atoms with Crippen LogP contribution in [-0.2, 0) is 0 Å². The molecule has 0 saturated heterocycles. The van der Waals surface area contributed by atoms with Gasteiger partial charge in [-0.1, -0.05) is 51.5 Å². The fourth-order valence-corrected chi connectivity index (χ4v) is 3.47. The van der Waals surface area contributed by atoms with Gasteiger partial charge in [-0.25, -0.2) is 4.39 Å². The van der Waals surface area contributed by atoms with Crippen molar-refractivity contribution in [3.63, 3.8) is 0 Å². The van der Waals surface area contributed by atoms with Crippen molar-refractivity contribution >= 4 is 0 Å². The average molecular weight is 294 g/mol. The highest BCUT2D eigenvalue weighted by atomic mass is 19.1. The van der Waals surface area contributed by atoms with Crippen LogP contribution in [0.4, 0.5) is 4.39 Å². The van der Waals surface area contributed by atoms with Crippen LogP contribution in [0.3, 0.4) is 0 Å². The van der Waals surface area contributed by atoms with Crippen LogP contribution < -0.4 is 0 Å². The van der Waals surface area contributed by atoms with Gasteiger partial charge in [-0.3, -0.25) is 0 Å². The third-order valence-corrected chi connectivity index (χ3v) is 5.19. The maximum absolute atomic E-state index is 13.6. The highest BCUT2D eigenvalue weighted by molar-refractivity contribution is 5.17. The molecule has 1 rings (SSSR count). The van der Waals surface area contributed by atoms with E-state index in [2.05, 4.69) is 33.9 Å². The van der Waals surface area contributed by atoms with Crippen molar-refractivity contribution in [1.82, 2.24) is 0 Å². The second kappa shape index (κ2) is 7.61. The lowest BCUT2D eigenvalue weighted by molar-refractivity contribution is 0.107. The van der Waals surface area contributed by atoms with Crippen molar-refractivity contribution in [2.24, 2.45) is 23.7 Å². The largest absolute Gasteiger partial charge is 0.244 e. The number of alkyl halides is 1. The second-order valence-corrected chi connectivity index (χ2v) is 8.10. The van der Waals surface area contributed by atoms with Gasteiger partial charge in [0.05, 0.1) is 0 Å². The molecule has 0 aromatic heterocycles. The van der Waals surface area contributed by atoms with Crippen LogP contribution in [0.15, 0.2) is 24.3 Å². The number of allylic oxidation sites excluding steroid dienone is 2. The Hall–Kier alpha value is -0.590. The summed E-state index contributed by atoms with van der Waals surface area (Å²) in [5.74, 6) is 2.50. The third kappa shape index (κ3) is 6.36. The van der Waals surface area contributed by atoms with Gasteiger partial charge in [0, 0.05) is 0 Å². The second-order valence-electron chi connectivity index (χ2n) is 8.10. The van der Waals surface area contributed by atoms with Crippen LogP contribution in [0.25, 0.3) is 0 Å². The van der Waals surface area contributed by atoms with E-state index in [4.69, 9.17) is 0 Å². The van der Waals surface area contributed by atoms with Gasteiger partial charge in [0.25, 0.3) is 0 Å². The molecule has 1 heteroatoms. The number of halogens is 1. The molecular formula is C20H35F. The molecule has 1 aliphatic carbocycles. The summed E-state index contributed by atoms with van der Waals surface area (Å²) < 4.78 is 13.6. The first-order valence-electron chi connectivity index (χ1n) is 8.66. The summed E-state index contributed by atoms with van der Waals surface area (Å²) in [6.45, 7) is 18.8. The molecule has 1 fully saturated rings. The summed E-state index contributed by atoms with van der Waals surface area (Å²) in [7, 11) is 0. The predicted molar refractivity (Wildman–Crippen MR) is 92.2 cm³/mol. The molecule has 1 saturated carbocycles. The third-order valence-electron chi connectivity index (χ3n) is 5.19. The van der Waals surface area contributed by atoms with E-state index in [0.717, 1.165) is 25.2 Å². The lowest BCUT2D eigenvalue weighted by atomic mass is 9.67. The molecule has 2 unspecified atom stereocenters. The molecule has 0 N–H and O–H groups in total. The molecule has 0 aromatic rings. The van der Waals surface area contributed by atoms with Crippen molar-refractivity contribution in [2.75, 3.05) is 0 Å². The smallest absolute Gasteiger partial charge is 0.105 e. The maximum atomic E-state index is 13.6. The van der Waals surface area contributed by atoms with Crippen molar-refractivity contribution in [3.8, 4) is 0 Å². The fraction of sp³-hybridized carbons (Fsp3) is 0.800. The predicted octanol–water partition coefficient (Wildman–Crippen LogP) is 6.73. The Balaban J connectivity index is 2.30. The van der Waals surface area contributed by atoms with Gasteiger partial charge < -0.3 is 0 Å². The Labute approximate surface area is 131 Å². The summed E-state index contributed by atoms with van der Waals surface area (Å²) in [5.41, 5.74) is 1.63. The molecule has 0 radical (unpaired) electrons. The van der Waals surface area contributed by atoms with Gasteiger partial charge >= 0.3 is 0 Å². The Bertz CT molecular complexity index is 355. The van der Waals surface area contributed by atoms with E-state index < -0.39 is 5.67 Å². The lowest BCUT2D eigenvalue weighted by Gasteiger charge is -2.39. The fourth-order valence-electron chi connectivity index (χ4n) is 3.47. The Morgan fingerprint density at radius 2 is 1.81 bits per heavy atom. The SMILES string of the molecule is C=C(CC(=C)C1CC(CC(C)(C)F)C1)C(C)CC(C)CC. The van der Waals surface area contributed by atoms with Crippen molar-refractivity contribution in [3.05, 3.63) is 24.3 Å². The summed E-state index contributed by atoms with van der Waals surface area (Å²) in [5, 5.41) is 0. The molecule has 1 aliphatic rings. The molecule has 0 nitrogen and oxygen atoms in total. The van der Waals surface area contributed by atoms with E-state index in [9.17, 15) is 4.39 Å². The minimum Gasteiger partial charge on any atom is -0.244 e. The zero-order chi connectivity index (χ0) is 16.2. The lowest BCUT2D eigenvalue weighted by Crippen LogP contribution is -2.30. The quantitative estimate of drug-likeness (QED) is 0.414. The molecular weight excluding hydrogens is 259 g/mol. The minimum atomic E-state index is -1.02. The highest BCUT2D eigenvalue weighted by Gasteiger charge is 2.35. The molecule has 0 heterocycles. The zero-order valence-corrected chi connectivity index (χ0v) is 14.8. The van der Waals surface area contributed by atoms with Crippen LogP contribution in [0.1, 0.15) is 73.1 Å². The van der Waals surface area contributed by atoms with Crippen LogP contribution in [0.2, 0.25) is 0 Å². The standard InChI is InChI=1S/C20H35F/c1-8-14(2)9-15(3)16(4)10-17(5)19-11-18(12-19)13-20(6,7)21/h14-15,18-19H,4-5,8-13H2,1-3,6-7H3. The van der Waals surface area contributed by atoms with Crippen LogP contribution in [0.5, 0.6) is 0 Å². The summed E-state index contributed by atoms with van der Waals surface area (Å²) in [6, 6.07) is 0. The minimum absolute atomic E-state index is 0.553. The maximum Gasteiger partial charge on any atom is 0.105 e. The monoisotopic (exact) mass is 294 g/mol. The van der Waals surface area contributed by atoms with Crippen LogP contribution >= 0.6 is 0 Å². The zero-order valence-electron chi connectivity index (χ0n) is 14.8. The van der Waals surface area contributed by atoms with Gasteiger partial charge in [-0.05, 0) is 69.6 Å². The Kier molecular flexibility index (Phi) is 6.69. The summed E-state index contributed by atoms with van der Waals surface area (Å²) in [4.78, 5) is 0.